The SMILES string of the molecule is NCCCC(=O)Nc1nnc(C(F)F)s1. The van der Waals surface area contributed by atoms with Crippen molar-refractivity contribution in [3.8, 4) is 0 Å². The van der Waals surface area contributed by atoms with Crippen LogP contribution in [0.3, 0.4) is 0 Å². The molecule has 1 aromatic heterocycles. The summed E-state index contributed by atoms with van der Waals surface area (Å²) >= 11 is 0.667. The van der Waals surface area contributed by atoms with Crippen molar-refractivity contribution >= 4 is 22.4 Å². The highest BCUT2D eigenvalue weighted by atomic mass is 32.1. The molecule has 1 rings (SSSR count). The Balaban J connectivity index is 2.46. The second-order valence-corrected chi connectivity index (χ2v) is 3.70. The van der Waals surface area contributed by atoms with Gasteiger partial charge in [0.05, 0.1) is 0 Å². The van der Waals surface area contributed by atoms with Gasteiger partial charge in [-0.1, -0.05) is 11.3 Å². The number of aromatic nitrogens is 2. The highest BCUT2D eigenvalue weighted by Crippen LogP contribution is 2.25. The Morgan fingerprint density at radius 3 is 2.80 bits per heavy atom. The molecule has 15 heavy (non-hydrogen) atoms. The minimum absolute atomic E-state index is 0.0901. The van der Waals surface area contributed by atoms with Crippen LogP contribution in [0.2, 0.25) is 0 Å². The lowest BCUT2D eigenvalue weighted by atomic mass is 10.3. The largest absolute Gasteiger partial charge is 0.330 e. The molecule has 0 fully saturated rings. The van der Waals surface area contributed by atoms with Crippen LogP contribution >= 0.6 is 11.3 Å². The molecule has 5 nitrogen and oxygen atoms in total. The molecule has 0 aliphatic heterocycles. The molecule has 0 aliphatic rings. The van der Waals surface area contributed by atoms with Crippen LogP contribution in [0.5, 0.6) is 0 Å². The molecule has 0 atom stereocenters. The number of hydrogen-bond acceptors (Lipinski definition) is 5. The van der Waals surface area contributed by atoms with Gasteiger partial charge in [0.2, 0.25) is 11.0 Å². The minimum Gasteiger partial charge on any atom is -0.330 e. The van der Waals surface area contributed by atoms with Crippen LogP contribution in [0.4, 0.5) is 13.9 Å². The van der Waals surface area contributed by atoms with E-state index in [-0.39, 0.29) is 17.5 Å². The first-order valence-electron chi connectivity index (χ1n) is 4.25. The van der Waals surface area contributed by atoms with Crippen molar-refractivity contribution in [1.82, 2.24) is 10.2 Å². The number of carbonyl (C=O) groups is 1. The van der Waals surface area contributed by atoms with E-state index in [4.69, 9.17) is 5.73 Å². The molecular formula is C7H10F2N4OS. The third-order valence-electron chi connectivity index (χ3n) is 1.48. The molecule has 0 spiro atoms. The van der Waals surface area contributed by atoms with Gasteiger partial charge >= 0.3 is 0 Å². The first kappa shape index (κ1) is 11.9. The minimum atomic E-state index is -2.66. The molecule has 1 heterocycles. The monoisotopic (exact) mass is 236 g/mol. The fourth-order valence-electron chi connectivity index (χ4n) is 0.818. The number of anilines is 1. The zero-order valence-corrected chi connectivity index (χ0v) is 8.56. The number of halogens is 2. The van der Waals surface area contributed by atoms with Crippen LogP contribution in [0.25, 0.3) is 0 Å². The molecule has 0 aromatic carbocycles. The van der Waals surface area contributed by atoms with Gasteiger partial charge in [-0.15, -0.1) is 10.2 Å². The molecule has 1 aromatic rings. The van der Waals surface area contributed by atoms with Crippen molar-refractivity contribution in [2.45, 2.75) is 19.3 Å². The molecule has 1 amide bonds. The van der Waals surface area contributed by atoms with Gasteiger partial charge in [0.15, 0.2) is 5.01 Å². The Bertz CT molecular complexity index is 331. The van der Waals surface area contributed by atoms with Crippen LogP contribution < -0.4 is 11.1 Å². The van der Waals surface area contributed by atoms with E-state index in [9.17, 15) is 13.6 Å². The maximum atomic E-state index is 12.1. The van der Waals surface area contributed by atoms with Gasteiger partial charge in [-0.05, 0) is 13.0 Å². The van der Waals surface area contributed by atoms with E-state index in [1.165, 1.54) is 0 Å². The summed E-state index contributed by atoms with van der Waals surface area (Å²) in [6.07, 6.45) is -1.86. The summed E-state index contributed by atoms with van der Waals surface area (Å²) in [4.78, 5) is 11.1. The highest BCUT2D eigenvalue weighted by molar-refractivity contribution is 7.15. The average molecular weight is 236 g/mol. The topological polar surface area (TPSA) is 80.9 Å². The van der Waals surface area contributed by atoms with E-state index in [0.717, 1.165) is 0 Å². The lowest BCUT2D eigenvalue weighted by molar-refractivity contribution is -0.116. The van der Waals surface area contributed by atoms with Crippen LogP contribution in [-0.2, 0) is 4.79 Å². The molecule has 0 radical (unpaired) electrons. The molecule has 0 saturated heterocycles. The molecule has 3 N–H and O–H groups in total. The number of rotatable bonds is 5. The molecular weight excluding hydrogens is 226 g/mol. The quantitative estimate of drug-likeness (QED) is 0.803. The summed E-state index contributed by atoms with van der Waals surface area (Å²) in [5.41, 5.74) is 5.21. The average Bonchev–Trinajstić information content (AvgIpc) is 2.63. The fourth-order valence-corrected chi connectivity index (χ4v) is 1.43. The third-order valence-corrected chi connectivity index (χ3v) is 2.33. The zero-order chi connectivity index (χ0) is 11.3. The second kappa shape index (κ2) is 5.66. The predicted molar refractivity (Wildman–Crippen MR) is 51.8 cm³/mol. The number of amides is 1. The molecule has 84 valence electrons. The van der Waals surface area contributed by atoms with E-state index in [0.29, 0.717) is 24.3 Å². The van der Waals surface area contributed by atoms with E-state index in [1.807, 2.05) is 0 Å². The maximum absolute atomic E-state index is 12.1. The second-order valence-electron chi connectivity index (χ2n) is 2.69. The summed E-state index contributed by atoms with van der Waals surface area (Å²) in [5.74, 6) is -0.294. The van der Waals surface area contributed by atoms with Crippen molar-refractivity contribution in [3.63, 3.8) is 0 Å². The number of hydrogen-bond donors (Lipinski definition) is 2. The molecule has 0 saturated carbocycles. The van der Waals surface area contributed by atoms with Gasteiger partial charge in [-0.3, -0.25) is 4.79 Å². The lowest BCUT2D eigenvalue weighted by Crippen LogP contribution is -2.13. The number of nitrogens with two attached hydrogens (primary N) is 1. The van der Waals surface area contributed by atoms with Crippen molar-refractivity contribution in [2.24, 2.45) is 5.73 Å². The Morgan fingerprint density at radius 1 is 1.53 bits per heavy atom. The van der Waals surface area contributed by atoms with Gasteiger partial charge in [-0.25, -0.2) is 8.78 Å². The van der Waals surface area contributed by atoms with E-state index in [2.05, 4.69) is 15.5 Å². The van der Waals surface area contributed by atoms with Crippen LogP contribution in [0, 0.1) is 0 Å². The highest BCUT2D eigenvalue weighted by Gasteiger charge is 2.14. The van der Waals surface area contributed by atoms with E-state index in [1.54, 1.807) is 0 Å². The Kier molecular flexibility index (Phi) is 4.50. The van der Waals surface area contributed by atoms with Gasteiger partial charge in [0, 0.05) is 6.42 Å². The number of nitrogens with one attached hydrogen (secondary N) is 1. The van der Waals surface area contributed by atoms with Crippen LogP contribution in [0.1, 0.15) is 24.3 Å². The Morgan fingerprint density at radius 2 is 2.27 bits per heavy atom. The summed E-state index contributed by atoms with van der Waals surface area (Å²) in [7, 11) is 0. The molecule has 0 bridgehead atoms. The van der Waals surface area contributed by atoms with Crippen LogP contribution in [0.15, 0.2) is 0 Å². The van der Waals surface area contributed by atoms with Gasteiger partial charge in [0.1, 0.15) is 0 Å². The number of carbonyl (C=O) groups excluding carboxylic acids is 1. The van der Waals surface area contributed by atoms with Gasteiger partial charge in [0.25, 0.3) is 6.43 Å². The Hall–Kier alpha value is -1.15. The smallest absolute Gasteiger partial charge is 0.291 e. The fraction of sp³-hybridized carbons (Fsp3) is 0.571. The first-order valence-corrected chi connectivity index (χ1v) is 5.06. The first-order chi connectivity index (χ1) is 7.13. The van der Waals surface area contributed by atoms with Crippen molar-refractivity contribution < 1.29 is 13.6 Å². The summed E-state index contributed by atoms with van der Waals surface area (Å²) in [6, 6.07) is 0. The normalized spacial score (nSPS) is 10.7. The predicted octanol–water partition coefficient (Wildman–Crippen LogP) is 1.15. The summed E-state index contributed by atoms with van der Waals surface area (Å²) in [5, 5.41) is 8.70. The lowest BCUT2D eigenvalue weighted by Gasteiger charge is -1.98. The van der Waals surface area contributed by atoms with E-state index >= 15 is 0 Å². The molecule has 0 aliphatic carbocycles. The van der Waals surface area contributed by atoms with Gasteiger partial charge < -0.3 is 11.1 Å². The van der Waals surface area contributed by atoms with E-state index < -0.39 is 11.4 Å². The van der Waals surface area contributed by atoms with Crippen LogP contribution in [-0.4, -0.2) is 22.6 Å². The third kappa shape index (κ3) is 3.84. The van der Waals surface area contributed by atoms with Gasteiger partial charge in [-0.2, -0.15) is 0 Å². The summed E-state index contributed by atoms with van der Waals surface area (Å²) in [6.45, 7) is 0.409. The van der Waals surface area contributed by atoms with Crippen molar-refractivity contribution in [2.75, 3.05) is 11.9 Å². The molecule has 0 unspecified atom stereocenters. The summed E-state index contributed by atoms with van der Waals surface area (Å²) < 4.78 is 24.2. The molecule has 8 heteroatoms. The van der Waals surface area contributed by atoms with Crippen molar-refractivity contribution in [3.05, 3.63) is 5.01 Å². The van der Waals surface area contributed by atoms with Crippen molar-refractivity contribution in [1.29, 1.82) is 0 Å². The zero-order valence-electron chi connectivity index (χ0n) is 7.74. The number of nitrogens with zero attached hydrogens (tertiary/aromatic N) is 2. The maximum Gasteiger partial charge on any atom is 0.291 e. The standard InChI is InChI=1S/C7H10F2N4OS/c8-5(9)6-12-13-7(15-6)11-4(14)2-1-3-10/h5H,1-3,10H2,(H,11,13,14). The Labute approximate surface area is 88.7 Å². The number of alkyl halides is 2.